The van der Waals surface area contributed by atoms with Crippen LogP contribution in [0.4, 0.5) is 0 Å². The molecule has 3 unspecified atom stereocenters. The summed E-state index contributed by atoms with van der Waals surface area (Å²) in [4.78, 5) is 27.3. The molecule has 1 aliphatic heterocycles. The van der Waals surface area contributed by atoms with E-state index in [9.17, 15) is 9.59 Å². The van der Waals surface area contributed by atoms with E-state index in [1.54, 1.807) is 0 Å². The Balaban J connectivity index is 3.14. The first-order valence-corrected chi connectivity index (χ1v) is 7.76. The van der Waals surface area contributed by atoms with Crippen molar-refractivity contribution >= 4 is 11.7 Å². The van der Waals surface area contributed by atoms with Gasteiger partial charge in [-0.15, -0.1) is 0 Å². The fraction of sp³-hybridized carbons (Fsp3) is 0.882. The van der Waals surface area contributed by atoms with Gasteiger partial charge >= 0.3 is 0 Å². The van der Waals surface area contributed by atoms with Crippen LogP contribution in [0.5, 0.6) is 0 Å². The van der Waals surface area contributed by atoms with E-state index < -0.39 is 10.8 Å². The lowest BCUT2D eigenvalue weighted by molar-refractivity contribution is -0.147. The number of likely N-dealkylation sites (tertiary alicyclic amines) is 1. The molecule has 0 bridgehead atoms. The van der Waals surface area contributed by atoms with Crippen LogP contribution >= 0.6 is 0 Å². The van der Waals surface area contributed by atoms with Gasteiger partial charge in [-0.25, -0.2) is 0 Å². The summed E-state index contributed by atoms with van der Waals surface area (Å²) >= 11 is 0. The Morgan fingerprint density at radius 3 is 1.90 bits per heavy atom. The number of Topliss-reactive ketones (excluding diaryl/α,β-unsaturated/α-hetero) is 1. The molecule has 0 N–H and O–H groups in total. The quantitative estimate of drug-likeness (QED) is 0.776. The van der Waals surface area contributed by atoms with Crippen LogP contribution in [-0.4, -0.2) is 29.2 Å². The van der Waals surface area contributed by atoms with Crippen LogP contribution in [0, 0.1) is 22.7 Å². The van der Waals surface area contributed by atoms with Gasteiger partial charge in [0, 0.05) is 17.4 Å². The van der Waals surface area contributed by atoms with Crippen LogP contribution < -0.4 is 0 Å². The number of hydrogen-bond acceptors (Lipinski definition) is 2. The maximum absolute atomic E-state index is 12.8. The molecule has 116 valence electrons. The van der Waals surface area contributed by atoms with Gasteiger partial charge < -0.3 is 4.90 Å². The molecule has 3 heteroatoms. The van der Waals surface area contributed by atoms with Gasteiger partial charge in [0.05, 0.1) is 6.04 Å². The van der Waals surface area contributed by atoms with E-state index in [0.717, 1.165) is 13.0 Å². The number of amides is 1. The van der Waals surface area contributed by atoms with Crippen LogP contribution in [-0.2, 0) is 9.59 Å². The third-order valence-corrected chi connectivity index (χ3v) is 4.44. The maximum atomic E-state index is 12.8. The van der Waals surface area contributed by atoms with Gasteiger partial charge in [0.2, 0.25) is 5.91 Å². The molecule has 20 heavy (non-hydrogen) atoms. The molecule has 0 aromatic rings. The standard InChI is InChI=1S/C17H31NO2/c1-9-12-10-18(15(20)17(6,7)8)13(11(12)2)14(19)16(3,4)5/h11-13H,9-10H2,1-8H3. The van der Waals surface area contributed by atoms with Gasteiger partial charge in [0.1, 0.15) is 0 Å². The Bertz CT molecular complexity index is 387. The first-order valence-electron chi connectivity index (χ1n) is 7.76. The number of carbonyl (C=O) groups excluding carboxylic acids is 2. The van der Waals surface area contributed by atoms with Gasteiger partial charge in [-0.1, -0.05) is 61.8 Å². The molecule has 1 aliphatic rings. The molecule has 1 rings (SSSR count). The molecule has 3 atom stereocenters. The van der Waals surface area contributed by atoms with Crippen molar-refractivity contribution in [2.75, 3.05) is 6.54 Å². The zero-order valence-corrected chi connectivity index (χ0v) is 14.4. The fourth-order valence-electron chi connectivity index (χ4n) is 3.04. The predicted molar refractivity (Wildman–Crippen MR) is 82.4 cm³/mol. The molecule has 3 nitrogen and oxygen atoms in total. The van der Waals surface area contributed by atoms with Crippen LogP contribution in [0.3, 0.4) is 0 Å². The lowest BCUT2D eigenvalue weighted by Gasteiger charge is -2.34. The van der Waals surface area contributed by atoms with Crippen molar-refractivity contribution in [3.05, 3.63) is 0 Å². The van der Waals surface area contributed by atoms with E-state index in [0.29, 0.717) is 5.92 Å². The fourth-order valence-corrected chi connectivity index (χ4v) is 3.04. The van der Waals surface area contributed by atoms with Crippen molar-refractivity contribution in [2.24, 2.45) is 22.7 Å². The number of hydrogen-bond donors (Lipinski definition) is 0. The second-order valence-corrected chi connectivity index (χ2v) is 8.29. The maximum Gasteiger partial charge on any atom is 0.228 e. The largest absolute Gasteiger partial charge is 0.332 e. The van der Waals surface area contributed by atoms with Crippen LogP contribution in [0.15, 0.2) is 0 Å². The third-order valence-electron chi connectivity index (χ3n) is 4.44. The van der Waals surface area contributed by atoms with Gasteiger partial charge in [0.15, 0.2) is 5.78 Å². The molecule has 0 saturated carbocycles. The Morgan fingerprint density at radius 1 is 1.05 bits per heavy atom. The predicted octanol–water partition coefficient (Wildman–Crippen LogP) is 3.52. The van der Waals surface area contributed by atoms with E-state index in [2.05, 4.69) is 13.8 Å². The summed E-state index contributed by atoms with van der Waals surface area (Å²) in [5.41, 5.74) is -0.837. The summed E-state index contributed by atoms with van der Waals surface area (Å²) in [6.45, 7) is 16.6. The highest BCUT2D eigenvalue weighted by Crippen LogP contribution is 2.38. The molecule has 0 radical (unpaired) electrons. The molecule has 1 saturated heterocycles. The summed E-state index contributed by atoms with van der Waals surface area (Å²) in [6.07, 6.45) is 1.02. The number of carbonyl (C=O) groups is 2. The molecule has 0 spiro atoms. The SMILES string of the molecule is CCC1CN(C(=O)C(C)(C)C)C(C(=O)C(C)(C)C)C1C. The van der Waals surface area contributed by atoms with Gasteiger partial charge in [0.25, 0.3) is 0 Å². The Kier molecular flexibility index (Phi) is 4.72. The molecule has 0 aliphatic carbocycles. The third kappa shape index (κ3) is 3.24. The Labute approximate surface area is 124 Å². The van der Waals surface area contributed by atoms with Gasteiger partial charge in [-0.3, -0.25) is 9.59 Å². The Hall–Kier alpha value is -0.860. The van der Waals surface area contributed by atoms with Crippen molar-refractivity contribution in [1.82, 2.24) is 4.90 Å². The van der Waals surface area contributed by atoms with Gasteiger partial charge in [-0.2, -0.15) is 0 Å². The molecule has 1 heterocycles. The van der Waals surface area contributed by atoms with Crippen LogP contribution in [0.25, 0.3) is 0 Å². The highest BCUT2D eigenvalue weighted by molar-refractivity contribution is 5.94. The summed E-state index contributed by atoms with van der Waals surface area (Å²) in [5, 5.41) is 0. The zero-order chi connectivity index (χ0) is 15.9. The minimum Gasteiger partial charge on any atom is -0.332 e. The highest BCUT2D eigenvalue weighted by atomic mass is 16.2. The Morgan fingerprint density at radius 2 is 1.55 bits per heavy atom. The summed E-state index contributed by atoms with van der Waals surface area (Å²) in [7, 11) is 0. The second kappa shape index (κ2) is 5.50. The average Bonchev–Trinajstić information content (AvgIpc) is 2.61. The number of rotatable bonds is 2. The lowest BCUT2D eigenvalue weighted by atomic mass is 9.79. The highest BCUT2D eigenvalue weighted by Gasteiger charge is 2.48. The zero-order valence-electron chi connectivity index (χ0n) is 14.4. The van der Waals surface area contributed by atoms with E-state index >= 15 is 0 Å². The van der Waals surface area contributed by atoms with Crippen LogP contribution in [0.1, 0.15) is 61.8 Å². The van der Waals surface area contributed by atoms with Crippen molar-refractivity contribution in [2.45, 2.75) is 67.9 Å². The van der Waals surface area contributed by atoms with E-state index in [-0.39, 0.29) is 23.7 Å². The summed E-state index contributed by atoms with van der Waals surface area (Å²) < 4.78 is 0. The summed E-state index contributed by atoms with van der Waals surface area (Å²) in [6, 6.07) is -0.258. The van der Waals surface area contributed by atoms with Gasteiger partial charge in [-0.05, 0) is 11.8 Å². The number of ketones is 1. The smallest absolute Gasteiger partial charge is 0.228 e. The second-order valence-electron chi connectivity index (χ2n) is 8.29. The molecule has 0 aromatic heterocycles. The topological polar surface area (TPSA) is 37.4 Å². The molecule has 1 fully saturated rings. The van der Waals surface area contributed by atoms with E-state index in [4.69, 9.17) is 0 Å². The van der Waals surface area contributed by atoms with Crippen LogP contribution in [0.2, 0.25) is 0 Å². The first-order chi connectivity index (χ1) is 8.91. The average molecular weight is 281 g/mol. The summed E-state index contributed by atoms with van der Waals surface area (Å²) in [5.74, 6) is 0.970. The van der Waals surface area contributed by atoms with E-state index in [1.165, 1.54) is 0 Å². The van der Waals surface area contributed by atoms with E-state index in [1.807, 2.05) is 46.4 Å². The monoisotopic (exact) mass is 281 g/mol. The molecular weight excluding hydrogens is 250 g/mol. The first kappa shape index (κ1) is 17.2. The molecule has 0 aromatic carbocycles. The van der Waals surface area contributed by atoms with Crippen molar-refractivity contribution < 1.29 is 9.59 Å². The number of nitrogens with zero attached hydrogens (tertiary/aromatic N) is 1. The molecular formula is C17H31NO2. The lowest BCUT2D eigenvalue weighted by Crippen LogP contribution is -2.50. The van der Waals surface area contributed by atoms with Crippen molar-refractivity contribution in [3.8, 4) is 0 Å². The minimum atomic E-state index is -0.432. The van der Waals surface area contributed by atoms with Crippen molar-refractivity contribution in [3.63, 3.8) is 0 Å². The minimum absolute atomic E-state index is 0.0999. The normalized spacial score (nSPS) is 27.8. The molecule has 1 amide bonds. The van der Waals surface area contributed by atoms with Crippen molar-refractivity contribution in [1.29, 1.82) is 0 Å².